The molecule has 118 valence electrons. The van der Waals surface area contributed by atoms with Gasteiger partial charge in [-0.25, -0.2) is 12.7 Å². The van der Waals surface area contributed by atoms with Crippen LogP contribution in [0.2, 0.25) is 0 Å². The topological polar surface area (TPSA) is 83.6 Å². The van der Waals surface area contributed by atoms with Gasteiger partial charge in [0.2, 0.25) is 14.8 Å². The molecule has 0 saturated carbocycles. The number of amides is 1. The summed E-state index contributed by atoms with van der Waals surface area (Å²) < 4.78 is 24.1. The van der Waals surface area contributed by atoms with Crippen molar-refractivity contribution in [2.75, 3.05) is 26.4 Å². The van der Waals surface area contributed by atoms with Crippen LogP contribution in [0.4, 0.5) is 0 Å². The molecule has 1 aromatic carbocycles. The Kier molecular flexibility index (Phi) is 4.94. The normalized spacial score (nSPS) is 11.8. The van der Waals surface area contributed by atoms with E-state index in [1.807, 2.05) is 0 Å². The summed E-state index contributed by atoms with van der Waals surface area (Å²) in [4.78, 5) is 24.3. The van der Waals surface area contributed by atoms with Crippen molar-refractivity contribution in [3.05, 3.63) is 44.7 Å². The van der Waals surface area contributed by atoms with E-state index in [0.717, 1.165) is 15.6 Å². The molecule has 0 unspecified atom stereocenters. The lowest BCUT2D eigenvalue weighted by Gasteiger charge is -2.11. The van der Waals surface area contributed by atoms with Gasteiger partial charge < -0.3 is 5.32 Å². The Hall–Kier alpha value is -1.77. The highest BCUT2D eigenvalue weighted by molar-refractivity contribution is 7.89. The maximum absolute atomic E-state index is 12.0. The Balaban J connectivity index is 2.12. The monoisotopic (exact) mass is 340 g/mol. The van der Waals surface area contributed by atoms with Gasteiger partial charge in [0.1, 0.15) is 0 Å². The Morgan fingerprint density at radius 2 is 1.95 bits per heavy atom. The molecule has 1 amide bonds. The molecule has 22 heavy (non-hydrogen) atoms. The van der Waals surface area contributed by atoms with E-state index >= 15 is 0 Å². The van der Waals surface area contributed by atoms with Gasteiger partial charge in [-0.2, -0.15) is 0 Å². The largest absolute Gasteiger partial charge is 0.350 e. The number of rotatable bonds is 5. The van der Waals surface area contributed by atoms with Crippen LogP contribution in [0, 0.1) is 0 Å². The molecule has 1 aromatic heterocycles. The summed E-state index contributed by atoms with van der Waals surface area (Å²) in [5.41, 5.74) is 0. The van der Waals surface area contributed by atoms with Gasteiger partial charge in [-0.15, -0.1) is 0 Å². The number of hydrogen-bond donors (Lipinski definition) is 1. The molecular weight excluding hydrogens is 324 g/mol. The molecule has 0 aliphatic rings. The third-order valence-corrected chi connectivity index (χ3v) is 5.86. The molecule has 0 spiro atoms. The molecule has 0 fully saturated rings. The number of hydrogen-bond acceptors (Lipinski definition) is 5. The average Bonchev–Trinajstić information content (AvgIpc) is 2.46. The number of nitrogens with zero attached hydrogens (tertiary/aromatic N) is 1. The highest BCUT2D eigenvalue weighted by Gasteiger charge is 2.15. The van der Waals surface area contributed by atoms with Gasteiger partial charge in [0.15, 0.2) is 0 Å². The molecule has 6 nitrogen and oxygen atoms in total. The predicted octanol–water partition coefficient (Wildman–Crippen LogP) is 0.883. The summed E-state index contributed by atoms with van der Waals surface area (Å²) in [7, 11) is -0.485. The molecule has 1 N–H and O–H groups in total. The number of benzene rings is 1. The lowest BCUT2D eigenvalue weighted by molar-refractivity contribution is 0.0960. The number of carbonyl (C=O) groups is 1. The number of carbonyl (C=O) groups excluding carboxylic acids is 1. The van der Waals surface area contributed by atoms with Gasteiger partial charge in [0, 0.05) is 26.0 Å². The summed E-state index contributed by atoms with van der Waals surface area (Å²) in [6.45, 7) is -0.00686. The van der Waals surface area contributed by atoms with Crippen molar-refractivity contribution in [1.29, 1.82) is 0 Å². The zero-order chi connectivity index (χ0) is 16.3. The van der Waals surface area contributed by atoms with Crippen molar-refractivity contribution >= 4 is 38.0 Å². The molecular formula is C14H16N2O4S2. The molecule has 0 radical (unpaired) electrons. The third-order valence-electron chi connectivity index (χ3n) is 3.10. The van der Waals surface area contributed by atoms with Crippen LogP contribution < -0.4 is 10.1 Å². The van der Waals surface area contributed by atoms with Crippen LogP contribution in [0.15, 0.2) is 35.1 Å². The van der Waals surface area contributed by atoms with Crippen LogP contribution in [-0.4, -0.2) is 45.0 Å². The second-order valence-corrected chi connectivity index (χ2v) is 8.16. The molecule has 2 aromatic rings. The van der Waals surface area contributed by atoms with E-state index in [0.29, 0.717) is 10.8 Å². The highest BCUT2D eigenvalue weighted by atomic mass is 32.2. The second-order valence-electron chi connectivity index (χ2n) is 4.84. The van der Waals surface area contributed by atoms with Gasteiger partial charge in [-0.3, -0.25) is 9.59 Å². The van der Waals surface area contributed by atoms with Crippen LogP contribution in [0.25, 0.3) is 10.8 Å². The SMILES string of the molecule is CN(C)S(=O)(=O)CCNC(=O)c1cc2ccccc2c(=O)s1. The minimum absolute atomic E-state index is 0.00686. The standard InChI is InChI=1S/C14H16N2O4S2/c1-16(2)22(19,20)8-7-15-13(17)12-9-10-5-3-4-6-11(10)14(18)21-12/h3-6,9H,7-8H2,1-2H3,(H,15,17). The quantitative estimate of drug-likeness (QED) is 0.876. The van der Waals surface area contributed by atoms with Crippen molar-refractivity contribution in [2.45, 2.75) is 0 Å². The van der Waals surface area contributed by atoms with Crippen molar-refractivity contribution in [3.63, 3.8) is 0 Å². The van der Waals surface area contributed by atoms with Gasteiger partial charge in [0.05, 0.1) is 10.6 Å². The average molecular weight is 340 g/mol. The number of nitrogens with one attached hydrogen (secondary N) is 1. The van der Waals surface area contributed by atoms with Crippen molar-refractivity contribution in [2.24, 2.45) is 0 Å². The summed E-state index contributed by atoms with van der Waals surface area (Å²) in [6, 6.07) is 8.66. The maximum Gasteiger partial charge on any atom is 0.261 e. The van der Waals surface area contributed by atoms with Crippen LogP contribution in [0.5, 0.6) is 0 Å². The fourth-order valence-electron chi connectivity index (χ4n) is 1.81. The Bertz CT molecular complexity index is 857. The molecule has 8 heteroatoms. The van der Waals surface area contributed by atoms with E-state index in [4.69, 9.17) is 0 Å². The number of fused-ring (bicyclic) bond motifs is 1. The molecule has 1 heterocycles. The fourth-order valence-corrected chi connectivity index (χ4v) is 3.38. The summed E-state index contributed by atoms with van der Waals surface area (Å²) >= 11 is 0.852. The first kappa shape index (κ1) is 16.6. The summed E-state index contributed by atoms with van der Waals surface area (Å²) in [5, 5.41) is 3.79. The Labute approximate surface area is 132 Å². The van der Waals surface area contributed by atoms with E-state index in [2.05, 4.69) is 5.32 Å². The molecule has 0 bridgehead atoms. The van der Waals surface area contributed by atoms with Crippen molar-refractivity contribution in [1.82, 2.24) is 9.62 Å². The van der Waals surface area contributed by atoms with Crippen LogP contribution in [0.1, 0.15) is 9.67 Å². The first-order valence-electron chi connectivity index (χ1n) is 6.52. The molecule has 2 rings (SSSR count). The zero-order valence-corrected chi connectivity index (χ0v) is 13.8. The summed E-state index contributed by atoms with van der Waals surface area (Å²) in [5.74, 6) is -0.629. The highest BCUT2D eigenvalue weighted by Crippen LogP contribution is 2.14. The second kappa shape index (κ2) is 6.55. The molecule has 0 saturated heterocycles. The van der Waals surface area contributed by atoms with Crippen molar-refractivity contribution < 1.29 is 13.2 Å². The minimum Gasteiger partial charge on any atom is -0.350 e. The minimum atomic E-state index is -3.36. The van der Waals surface area contributed by atoms with Gasteiger partial charge in [-0.1, -0.05) is 29.5 Å². The van der Waals surface area contributed by atoms with E-state index in [1.165, 1.54) is 14.1 Å². The lowest BCUT2D eigenvalue weighted by Crippen LogP contribution is -2.33. The lowest BCUT2D eigenvalue weighted by atomic mass is 10.2. The van der Waals surface area contributed by atoms with Gasteiger partial charge in [-0.05, 0) is 17.5 Å². The van der Waals surface area contributed by atoms with E-state index in [1.54, 1.807) is 30.3 Å². The van der Waals surface area contributed by atoms with E-state index < -0.39 is 15.9 Å². The molecule has 0 aliphatic heterocycles. The predicted molar refractivity (Wildman–Crippen MR) is 87.9 cm³/mol. The Morgan fingerprint density at radius 3 is 2.64 bits per heavy atom. The molecule has 0 aliphatic carbocycles. The van der Waals surface area contributed by atoms with Gasteiger partial charge in [0.25, 0.3) is 5.91 Å². The smallest absolute Gasteiger partial charge is 0.261 e. The Morgan fingerprint density at radius 1 is 1.27 bits per heavy atom. The van der Waals surface area contributed by atoms with Gasteiger partial charge >= 0.3 is 0 Å². The molecule has 0 atom stereocenters. The first-order chi connectivity index (χ1) is 10.3. The zero-order valence-electron chi connectivity index (χ0n) is 12.2. The maximum atomic E-state index is 12.0. The van der Waals surface area contributed by atoms with Crippen LogP contribution in [0.3, 0.4) is 0 Å². The van der Waals surface area contributed by atoms with Crippen LogP contribution in [-0.2, 0) is 10.0 Å². The third kappa shape index (κ3) is 3.70. The van der Waals surface area contributed by atoms with Crippen LogP contribution >= 0.6 is 11.3 Å². The van der Waals surface area contributed by atoms with E-state index in [9.17, 15) is 18.0 Å². The van der Waals surface area contributed by atoms with E-state index in [-0.39, 0.29) is 21.9 Å². The first-order valence-corrected chi connectivity index (χ1v) is 8.95. The fraction of sp³-hybridized carbons (Fsp3) is 0.286. The van der Waals surface area contributed by atoms with Crippen molar-refractivity contribution in [3.8, 4) is 0 Å². The number of sulfonamides is 1. The summed E-state index contributed by atoms with van der Waals surface area (Å²) in [6.07, 6.45) is 0.